The highest BCUT2D eigenvalue weighted by atomic mass is 16.5. The average Bonchev–Trinajstić information content (AvgIpc) is 3.14. The zero-order chi connectivity index (χ0) is 15.8. The third kappa shape index (κ3) is 3.02. The van der Waals surface area contributed by atoms with Gasteiger partial charge in [0.1, 0.15) is 5.65 Å². The van der Waals surface area contributed by atoms with E-state index in [1.807, 2.05) is 6.20 Å². The van der Waals surface area contributed by atoms with Crippen LogP contribution in [0.5, 0.6) is 0 Å². The first kappa shape index (κ1) is 15.2. The van der Waals surface area contributed by atoms with Crippen molar-refractivity contribution in [1.82, 2.24) is 14.9 Å². The molecule has 0 radical (unpaired) electrons. The molecule has 0 aromatic carbocycles. The van der Waals surface area contributed by atoms with E-state index in [1.165, 1.54) is 42.3 Å². The van der Waals surface area contributed by atoms with E-state index in [0.717, 1.165) is 25.3 Å². The number of morpholine rings is 1. The van der Waals surface area contributed by atoms with E-state index >= 15 is 0 Å². The minimum atomic E-state index is 0.317. The zero-order valence-electron chi connectivity index (χ0n) is 14.2. The molecule has 124 valence electrons. The van der Waals surface area contributed by atoms with E-state index in [4.69, 9.17) is 4.74 Å². The molecule has 2 atom stereocenters. The Kier molecular flexibility index (Phi) is 4.12. The summed E-state index contributed by atoms with van der Waals surface area (Å²) >= 11 is 0. The molecule has 0 unspecified atom stereocenters. The Morgan fingerprint density at radius 2 is 1.96 bits per heavy atom. The molecule has 1 aliphatic heterocycles. The molecular formula is C19H27N3O. The summed E-state index contributed by atoms with van der Waals surface area (Å²) in [4.78, 5) is 10.8. The monoisotopic (exact) mass is 313 g/mol. The van der Waals surface area contributed by atoms with Crippen molar-refractivity contribution in [1.29, 1.82) is 0 Å². The Labute approximate surface area is 138 Å². The van der Waals surface area contributed by atoms with Crippen LogP contribution in [0.3, 0.4) is 0 Å². The van der Waals surface area contributed by atoms with Crippen LogP contribution in [0, 0.1) is 0 Å². The number of hydrogen-bond acceptors (Lipinski definition) is 3. The van der Waals surface area contributed by atoms with Crippen LogP contribution in [0.2, 0.25) is 0 Å². The quantitative estimate of drug-likeness (QED) is 0.936. The lowest BCUT2D eigenvalue weighted by atomic mass is 9.98. The Hall–Kier alpha value is -1.39. The van der Waals surface area contributed by atoms with Gasteiger partial charge in [-0.2, -0.15) is 0 Å². The summed E-state index contributed by atoms with van der Waals surface area (Å²) in [6.45, 7) is 7.40. The number of aromatic nitrogens is 2. The second kappa shape index (κ2) is 6.25. The molecule has 1 saturated heterocycles. The average molecular weight is 313 g/mol. The second-order valence-electron chi connectivity index (χ2n) is 7.35. The van der Waals surface area contributed by atoms with Crippen LogP contribution in [-0.2, 0) is 11.3 Å². The lowest BCUT2D eigenvalue weighted by Crippen LogP contribution is -2.44. The molecule has 0 spiro atoms. The van der Waals surface area contributed by atoms with Crippen LogP contribution in [0.4, 0.5) is 0 Å². The normalized spacial score (nSPS) is 27.0. The van der Waals surface area contributed by atoms with Crippen LogP contribution >= 0.6 is 0 Å². The fourth-order valence-electron chi connectivity index (χ4n) is 4.47. The van der Waals surface area contributed by atoms with Gasteiger partial charge in [-0.25, -0.2) is 4.98 Å². The number of ether oxygens (including phenoxy) is 1. The number of H-pyrrole nitrogens is 1. The second-order valence-corrected chi connectivity index (χ2v) is 7.35. The molecule has 4 nitrogen and oxygen atoms in total. The minimum Gasteiger partial charge on any atom is -0.373 e. The van der Waals surface area contributed by atoms with Crippen molar-refractivity contribution in [3.05, 3.63) is 29.6 Å². The van der Waals surface area contributed by atoms with Gasteiger partial charge in [-0.3, -0.25) is 4.90 Å². The van der Waals surface area contributed by atoms with Crippen LogP contribution in [0.25, 0.3) is 11.0 Å². The van der Waals surface area contributed by atoms with Crippen molar-refractivity contribution in [3.8, 4) is 0 Å². The van der Waals surface area contributed by atoms with Crippen LogP contribution < -0.4 is 0 Å². The number of fused-ring (bicyclic) bond motifs is 1. The first-order valence-corrected chi connectivity index (χ1v) is 9.04. The largest absolute Gasteiger partial charge is 0.373 e. The molecule has 4 heteroatoms. The summed E-state index contributed by atoms with van der Waals surface area (Å²) < 4.78 is 5.89. The molecule has 0 amide bonds. The van der Waals surface area contributed by atoms with Crippen LogP contribution in [0.15, 0.2) is 18.3 Å². The maximum Gasteiger partial charge on any atom is 0.137 e. The third-order valence-corrected chi connectivity index (χ3v) is 5.35. The third-order valence-electron chi connectivity index (χ3n) is 5.35. The van der Waals surface area contributed by atoms with Gasteiger partial charge >= 0.3 is 0 Å². The summed E-state index contributed by atoms with van der Waals surface area (Å²) in [5.74, 6) is 0.690. The number of nitrogens with zero attached hydrogens (tertiary/aromatic N) is 2. The Morgan fingerprint density at radius 3 is 2.70 bits per heavy atom. The number of nitrogens with one attached hydrogen (secondary N) is 1. The minimum absolute atomic E-state index is 0.317. The number of pyridine rings is 1. The summed E-state index contributed by atoms with van der Waals surface area (Å²) in [6.07, 6.45) is 7.87. The van der Waals surface area contributed by atoms with Crippen molar-refractivity contribution >= 4 is 11.0 Å². The molecule has 2 aromatic rings. The van der Waals surface area contributed by atoms with Crippen LogP contribution in [0.1, 0.15) is 56.7 Å². The standard InChI is InChI=1S/C19H27N3O/c1-13-10-22(11-14(2)23-13)12-17-16-8-5-9-20-19(16)21-18(17)15-6-3-4-7-15/h5,8-9,13-15H,3-4,6-7,10-12H2,1-2H3,(H,20,21)/t13-,14+. The van der Waals surface area contributed by atoms with Crippen molar-refractivity contribution in [2.75, 3.05) is 13.1 Å². The fraction of sp³-hybridized carbons (Fsp3) is 0.632. The predicted octanol–water partition coefficient (Wildman–Crippen LogP) is 3.83. The van der Waals surface area contributed by atoms with Gasteiger partial charge in [0.15, 0.2) is 0 Å². The van der Waals surface area contributed by atoms with Crippen LogP contribution in [-0.4, -0.2) is 40.2 Å². The summed E-state index contributed by atoms with van der Waals surface area (Å²) in [6, 6.07) is 4.28. The first-order chi connectivity index (χ1) is 11.2. The van der Waals surface area contributed by atoms with Gasteiger partial charge in [-0.15, -0.1) is 0 Å². The maximum absolute atomic E-state index is 5.89. The molecule has 23 heavy (non-hydrogen) atoms. The predicted molar refractivity (Wildman–Crippen MR) is 92.6 cm³/mol. The molecule has 3 heterocycles. The lowest BCUT2D eigenvalue weighted by Gasteiger charge is -2.35. The fourth-order valence-corrected chi connectivity index (χ4v) is 4.47. The van der Waals surface area contributed by atoms with E-state index < -0.39 is 0 Å². The van der Waals surface area contributed by atoms with Crippen molar-refractivity contribution in [3.63, 3.8) is 0 Å². The molecule has 1 saturated carbocycles. The topological polar surface area (TPSA) is 41.2 Å². The summed E-state index contributed by atoms with van der Waals surface area (Å²) in [7, 11) is 0. The van der Waals surface area contributed by atoms with E-state index in [-0.39, 0.29) is 0 Å². The van der Waals surface area contributed by atoms with Gasteiger partial charge in [-0.05, 0) is 50.3 Å². The lowest BCUT2D eigenvalue weighted by molar-refractivity contribution is -0.0704. The molecule has 2 fully saturated rings. The first-order valence-electron chi connectivity index (χ1n) is 9.04. The summed E-state index contributed by atoms with van der Waals surface area (Å²) in [5.41, 5.74) is 3.98. The molecule has 0 bridgehead atoms. The van der Waals surface area contributed by atoms with Gasteiger partial charge in [0.25, 0.3) is 0 Å². The van der Waals surface area contributed by atoms with Gasteiger partial charge in [0.2, 0.25) is 0 Å². The number of rotatable bonds is 3. The highest BCUT2D eigenvalue weighted by Crippen LogP contribution is 2.38. The molecule has 4 rings (SSSR count). The van der Waals surface area contributed by atoms with E-state index in [2.05, 4.69) is 40.8 Å². The molecule has 1 aliphatic carbocycles. The molecular weight excluding hydrogens is 286 g/mol. The molecule has 1 N–H and O–H groups in total. The van der Waals surface area contributed by atoms with E-state index in [1.54, 1.807) is 0 Å². The Balaban J connectivity index is 1.68. The van der Waals surface area contributed by atoms with Crippen molar-refractivity contribution < 1.29 is 4.74 Å². The maximum atomic E-state index is 5.89. The smallest absolute Gasteiger partial charge is 0.137 e. The van der Waals surface area contributed by atoms with E-state index in [0.29, 0.717) is 18.1 Å². The van der Waals surface area contributed by atoms with Crippen molar-refractivity contribution in [2.24, 2.45) is 0 Å². The summed E-state index contributed by atoms with van der Waals surface area (Å²) in [5, 5.41) is 1.31. The zero-order valence-corrected chi connectivity index (χ0v) is 14.2. The Morgan fingerprint density at radius 1 is 1.22 bits per heavy atom. The SMILES string of the molecule is C[C@@H]1CN(Cc2c(C3CCCC3)[nH]c3ncccc23)C[C@H](C)O1. The van der Waals surface area contributed by atoms with Crippen molar-refractivity contribution in [2.45, 2.75) is 64.2 Å². The van der Waals surface area contributed by atoms with Gasteiger partial charge in [-0.1, -0.05) is 12.8 Å². The molecule has 2 aromatic heterocycles. The van der Waals surface area contributed by atoms with E-state index in [9.17, 15) is 0 Å². The number of hydrogen-bond donors (Lipinski definition) is 1. The number of aromatic amines is 1. The van der Waals surface area contributed by atoms with Gasteiger partial charge in [0.05, 0.1) is 12.2 Å². The highest BCUT2D eigenvalue weighted by Gasteiger charge is 2.27. The molecule has 2 aliphatic rings. The Bertz CT molecular complexity index is 664. The van der Waals surface area contributed by atoms with Gasteiger partial charge in [0, 0.05) is 36.9 Å². The van der Waals surface area contributed by atoms with Gasteiger partial charge < -0.3 is 9.72 Å². The highest BCUT2D eigenvalue weighted by molar-refractivity contribution is 5.81.